The summed E-state index contributed by atoms with van der Waals surface area (Å²) in [4.78, 5) is 0.761. The first-order valence-corrected chi connectivity index (χ1v) is 8.25. The minimum absolute atomic E-state index is 0.0524. The van der Waals surface area contributed by atoms with Crippen LogP contribution in [0.1, 0.15) is 23.6 Å². The Morgan fingerprint density at radius 2 is 1.95 bits per heavy atom. The summed E-state index contributed by atoms with van der Waals surface area (Å²) in [5, 5.41) is 0.559. The predicted molar refractivity (Wildman–Crippen MR) is 83.3 cm³/mol. The maximum Gasteiger partial charge on any atom is 0.0590 e. The van der Waals surface area contributed by atoms with Gasteiger partial charge in [-0.3, -0.25) is 4.21 Å². The number of rotatable bonds is 2. The van der Waals surface area contributed by atoms with E-state index in [2.05, 4.69) is 6.07 Å². The molecule has 3 rings (SSSR count). The fourth-order valence-electron chi connectivity index (χ4n) is 2.77. The van der Waals surface area contributed by atoms with Gasteiger partial charge in [0.05, 0.1) is 16.0 Å². The molecule has 1 aliphatic rings. The monoisotopic (exact) mass is 305 g/mol. The van der Waals surface area contributed by atoms with E-state index >= 15 is 0 Å². The van der Waals surface area contributed by atoms with E-state index in [-0.39, 0.29) is 11.3 Å². The SMILES string of the molecule is NC1c2ccccc2CCC1S(=O)c1cccc(Cl)c1. The summed E-state index contributed by atoms with van der Waals surface area (Å²) < 4.78 is 12.7. The molecule has 0 saturated heterocycles. The second kappa shape index (κ2) is 5.68. The average molecular weight is 306 g/mol. The van der Waals surface area contributed by atoms with Gasteiger partial charge in [0.2, 0.25) is 0 Å². The molecule has 20 heavy (non-hydrogen) atoms. The van der Waals surface area contributed by atoms with Crippen LogP contribution in [0.2, 0.25) is 5.02 Å². The van der Waals surface area contributed by atoms with E-state index in [9.17, 15) is 4.21 Å². The second-order valence-corrected chi connectivity index (χ2v) is 7.16. The van der Waals surface area contributed by atoms with Crippen LogP contribution in [0, 0.1) is 0 Å². The third-order valence-corrected chi connectivity index (χ3v) is 5.85. The van der Waals surface area contributed by atoms with Crippen molar-refractivity contribution < 1.29 is 4.21 Å². The van der Waals surface area contributed by atoms with Gasteiger partial charge in [-0.25, -0.2) is 0 Å². The Kier molecular flexibility index (Phi) is 3.92. The third-order valence-electron chi connectivity index (χ3n) is 3.82. The van der Waals surface area contributed by atoms with Crippen LogP contribution in [0.15, 0.2) is 53.4 Å². The van der Waals surface area contributed by atoms with Gasteiger partial charge in [-0.1, -0.05) is 41.9 Å². The third kappa shape index (κ3) is 2.53. The zero-order chi connectivity index (χ0) is 14.1. The summed E-state index contributed by atoms with van der Waals surface area (Å²) in [6, 6.07) is 15.2. The lowest BCUT2D eigenvalue weighted by Gasteiger charge is -2.30. The molecule has 2 N–H and O–H groups in total. The molecule has 2 nitrogen and oxygen atoms in total. The molecule has 3 atom stereocenters. The van der Waals surface area contributed by atoms with Crippen LogP contribution in [0.3, 0.4) is 0 Å². The Labute approximate surface area is 126 Å². The molecule has 1 aliphatic carbocycles. The largest absolute Gasteiger partial charge is 0.323 e. The van der Waals surface area contributed by atoms with Gasteiger partial charge >= 0.3 is 0 Å². The van der Waals surface area contributed by atoms with Crippen LogP contribution in [-0.2, 0) is 17.2 Å². The highest BCUT2D eigenvalue weighted by atomic mass is 35.5. The van der Waals surface area contributed by atoms with Crippen molar-refractivity contribution in [2.45, 2.75) is 29.0 Å². The normalized spacial score (nSPS) is 23.1. The zero-order valence-electron chi connectivity index (χ0n) is 11.0. The molecule has 0 heterocycles. The van der Waals surface area contributed by atoms with Crippen LogP contribution >= 0.6 is 11.6 Å². The van der Waals surface area contributed by atoms with Crippen molar-refractivity contribution in [1.82, 2.24) is 0 Å². The molecule has 2 aromatic carbocycles. The number of hydrogen-bond donors (Lipinski definition) is 1. The highest BCUT2D eigenvalue weighted by Gasteiger charge is 2.31. The van der Waals surface area contributed by atoms with Crippen LogP contribution in [0.5, 0.6) is 0 Å². The number of aryl methyl sites for hydroxylation is 1. The van der Waals surface area contributed by atoms with Crippen molar-refractivity contribution in [3.63, 3.8) is 0 Å². The summed E-state index contributed by atoms with van der Waals surface area (Å²) in [7, 11) is -1.13. The van der Waals surface area contributed by atoms with E-state index in [4.69, 9.17) is 17.3 Å². The molecule has 0 bridgehead atoms. The lowest BCUT2D eigenvalue weighted by atomic mass is 9.88. The summed E-state index contributed by atoms with van der Waals surface area (Å²) >= 11 is 5.98. The van der Waals surface area contributed by atoms with Crippen LogP contribution in [-0.4, -0.2) is 9.46 Å². The van der Waals surface area contributed by atoms with Crippen LogP contribution in [0.4, 0.5) is 0 Å². The predicted octanol–water partition coefficient (Wildman–Crippen LogP) is 3.46. The molecular formula is C16H16ClNOS. The Morgan fingerprint density at radius 1 is 1.15 bits per heavy atom. The quantitative estimate of drug-likeness (QED) is 0.923. The van der Waals surface area contributed by atoms with Crippen molar-refractivity contribution in [1.29, 1.82) is 0 Å². The van der Waals surface area contributed by atoms with Gasteiger partial charge < -0.3 is 5.73 Å². The summed E-state index contributed by atoms with van der Waals surface area (Å²) in [6.45, 7) is 0. The van der Waals surface area contributed by atoms with Gasteiger partial charge in [-0.2, -0.15) is 0 Å². The molecule has 0 radical (unpaired) electrons. The van der Waals surface area contributed by atoms with Crippen molar-refractivity contribution in [3.8, 4) is 0 Å². The number of halogens is 1. The molecule has 0 spiro atoms. The molecule has 104 valence electrons. The minimum Gasteiger partial charge on any atom is -0.323 e. The molecule has 0 aromatic heterocycles. The molecule has 0 saturated carbocycles. The molecular weight excluding hydrogens is 290 g/mol. The average Bonchev–Trinajstić information content (AvgIpc) is 2.47. The van der Waals surface area contributed by atoms with Gasteiger partial charge in [0.1, 0.15) is 0 Å². The van der Waals surface area contributed by atoms with Crippen LogP contribution < -0.4 is 5.73 Å². The van der Waals surface area contributed by atoms with Crippen molar-refractivity contribution in [3.05, 3.63) is 64.7 Å². The Morgan fingerprint density at radius 3 is 2.75 bits per heavy atom. The van der Waals surface area contributed by atoms with Crippen molar-refractivity contribution >= 4 is 22.4 Å². The lowest BCUT2D eigenvalue weighted by molar-refractivity contribution is 0.563. The maximum absolute atomic E-state index is 12.7. The van der Waals surface area contributed by atoms with Gasteiger partial charge in [-0.05, 0) is 42.2 Å². The van der Waals surface area contributed by atoms with Gasteiger partial charge in [0.25, 0.3) is 0 Å². The molecule has 3 unspecified atom stereocenters. The standard InChI is InChI=1S/C16H16ClNOS/c17-12-5-3-6-13(10-12)20(19)15-9-8-11-4-1-2-7-14(11)16(15)18/h1-7,10,15-16H,8-9,18H2. The molecule has 4 heteroatoms. The maximum atomic E-state index is 12.7. The van der Waals surface area contributed by atoms with E-state index in [1.165, 1.54) is 5.56 Å². The van der Waals surface area contributed by atoms with Crippen molar-refractivity contribution in [2.75, 3.05) is 0 Å². The van der Waals surface area contributed by atoms with E-state index in [1.807, 2.05) is 30.3 Å². The van der Waals surface area contributed by atoms with Gasteiger partial charge in [0, 0.05) is 16.0 Å². The summed E-state index contributed by atoms with van der Waals surface area (Å²) in [6.07, 6.45) is 1.78. The number of fused-ring (bicyclic) bond motifs is 1. The first kappa shape index (κ1) is 13.8. The first-order chi connectivity index (χ1) is 9.66. The lowest BCUT2D eigenvalue weighted by Crippen LogP contribution is -2.34. The summed E-state index contributed by atoms with van der Waals surface area (Å²) in [5.74, 6) is 0. The molecule has 0 aliphatic heterocycles. The highest BCUT2D eigenvalue weighted by molar-refractivity contribution is 7.85. The minimum atomic E-state index is -1.13. The number of hydrogen-bond acceptors (Lipinski definition) is 2. The van der Waals surface area contributed by atoms with E-state index in [0.717, 1.165) is 23.3 Å². The molecule has 0 fully saturated rings. The molecule has 2 aromatic rings. The van der Waals surface area contributed by atoms with Gasteiger partial charge in [-0.15, -0.1) is 0 Å². The van der Waals surface area contributed by atoms with Crippen molar-refractivity contribution in [2.24, 2.45) is 5.73 Å². The van der Waals surface area contributed by atoms with E-state index < -0.39 is 10.8 Å². The highest BCUT2D eigenvalue weighted by Crippen LogP contribution is 2.33. The Balaban J connectivity index is 1.91. The topological polar surface area (TPSA) is 43.1 Å². The fraction of sp³-hybridized carbons (Fsp3) is 0.250. The zero-order valence-corrected chi connectivity index (χ0v) is 12.5. The van der Waals surface area contributed by atoms with Gasteiger partial charge in [0.15, 0.2) is 0 Å². The number of benzene rings is 2. The molecule has 0 amide bonds. The fourth-order valence-corrected chi connectivity index (χ4v) is 4.58. The van der Waals surface area contributed by atoms with E-state index in [0.29, 0.717) is 5.02 Å². The number of nitrogens with two attached hydrogens (primary N) is 1. The van der Waals surface area contributed by atoms with E-state index in [1.54, 1.807) is 12.1 Å². The second-order valence-electron chi connectivity index (χ2n) is 5.06. The summed E-state index contributed by atoms with van der Waals surface area (Å²) in [5.41, 5.74) is 8.74. The first-order valence-electron chi connectivity index (χ1n) is 6.66. The Bertz CT molecular complexity index is 658. The smallest absolute Gasteiger partial charge is 0.0590 e. The Hall–Kier alpha value is -1.16. The van der Waals surface area contributed by atoms with Crippen LogP contribution in [0.25, 0.3) is 0 Å².